The fourth-order valence-electron chi connectivity index (χ4n) is 8.82. The van der Waals surface area contributed by atoms with Crippen molar-refractivity contribution in [2.75, 3.05) is 0 Å². The zero-order valence-electron chi connectivity index (χ0n) is 30.1. The van der Waals surface area contributed by atoms with E-state index in [1.807, 2.05) is 0 Å². The number of para-hydroxylation sites is 3. The lowest BCUT2D eigenvalue weighted by Gasteiger charge is -2.37. The topological polar surface area (TPSA) is 9.86 Å². The Hall–Kier alpha value is -5.86. The van der Waals surface area contributed by atoms with Crippen molar-refractivity contribution in [2.24, 2.45) is 0 Å². The first-order valence-corrected chi connectivity index (χ1v) is 19.0. The first-order chi connectivity index (χ1) is 25.7. The van der Waals surface area contributed by atoms with Gasteiger partial charge in [-0.05, 0) is 89.2 Å². The predicted molar refractivity (Wildman–Crippen MR) is 223 cm³/mol. The Kier molecular flexibility index (Phi) is 8.24. The molecule has 0 amide bonds. The Bertz CT molecular complexity index is 2660. The molecule has 254 valence electrons. The van der Waals surface area contributed by atoms with Crippen LogP contribution in [0.3, 0.4) is 0 Å². The van der Waals surface area contributed by atoms with Crippen molar-refractivity contribution in [3.63, 3.8) is 0 Å². The van der Waals surface area contributed by atoms with Crippen LogP contribution in [0.4, 0.5) is 0 Å². The number of hydrogen-bond acceptors (Lipinski definition) is 0. The zero-order chi connectivity index (χ0) is 35.1. The molecule has 0 saturated carbocycles. The number of fused-ring (bicyclic) bond motifs is 6. The van der Waals surface area contributed by atoms with Crippen molar-refractivity contribution in [1.29, 1.82) is 0 Å². The second-order valence-electron chi connectivity index (χ2n) is 14.3. The van der Waals surface area contributed by atoms with Crippen LogP contribution in [0.2, 0.25) is 0 Å². The standard InChI is InChI=1S/C50H44N2/c1-3-5-16-33-50(4-2,40-29-25-37(26-30-40)36-17-8-6-9-18-36)52-48-24-15-13-22-43(48)45-35-39(28-32-49(45)52)38-27-31-47-44(34-38)42-21-12-14-23-46(42)51(47)41-19-10-7-11-20-41/h6-15,17-32,34-35H,3-5,16,33H2,1-2H3. The van der Waals surface area contributed by atoms with Gasteiger partial charge in [0, 0.05) is 38.3 Å². The van der Waals surface area contributed by atoms with Gasteiger partial charge in [0.05, 0.1) is 16.6 Å². The minimum Gasteiger partial charge on any atom is -0.330 e. The van der Waals surface area contributed by atoms with Gasteiger partial charge in [0.15, 0.2) is 0 Å². The summed E-state index contributed by atoms with van der Waals surface area (Å²) >= 11 is 0. The molecule has 2 heteroatoms. The fraction of sp³-hybridized carbons (Fsp3) is 0.160. The molecule has 1 atom stereocenters. The highest BCUT2D eigenvalue weighted by atomic mass is 15.1. The van der Waals surface area contributed by atoms with Crippen LogP contribution >= 0.6 is 0 Å². The summed E-state index contributed by atoms with van der Waals surface area (Å²) in [4.78, 5) is 0. The van der Waals surface area contributed by atoms with Crippen LogP contribution in [0.5, 0.6) is 0 Å². The zero-order valence-corrected chi connectivity index (χ0v) is 30.1. The van der Waals surface area contributed by atoms with Gasteiger partial charge in [0.1, 0.15) is 0 Å². The molecule has 0 bridgehead atoms. The predicted octanol–water partition coefficient (Wildman–Crippen LogP) is 14.0. The molecule has 1 unspecified atom stereocenters. The molecule has 52 heavy (non-hydrogen) atoms. The van der Waals surface area contributed by atoms with E-state index < -0.39 is 0 Å². The second-order valence-corrected chi connectivity index (χ2v) is 14.3. The second kappa shape index (κ2) is 13.4. The summed E-state index contributed by atoms with van der Waals surface area (Å²) in [6.45, 7) is 4.69. The van der Waals surface area contributed by atoms with Gasteiger partial charge in [0.2, 0.25) is 0 Å². The van der Waals surface area contributed by atoms with Crippen LogP contribution in [-0.4, -0.2) is 9.13 Å². The number of rotatable bonds is 10. The minimum atomic E-state index is -0.175. The van der Waals surface area contributed by atoms with Crippen LogP contribution in [0.25, 0.3) is 71.6 Å². The Morgan fingerprint density at radius 1 is 0.423 bits per heavy atom. The number of unbranched alkanes of at least 4 members (excludes halogenated alkanes) is 2. The number of nitrogens with zero attached hydrogens (tertiary/aromatic N) is 2. The summed E-state index contributed by atoms with van der Waals surface area (Å²) < 4.78 is 5.09. The van der Waals surface area contributed by atoms with Crippen molar-refractivity contribution in [3.05, 3.63) is 175 Å². The van der Waals surface area contributed by atoms with Gasteiger partial charge in [-0.25, -0.2) is 0 Å². The number of benzene rings is 7. The molecular weight excluding hydrogens is 629 g/mol. The van der Waals surface area contributed by atoms with Gasteiger partial charge in [-0.3, -0.25) is 0 Å². The molecule has 0 aliphatic heterocycles. The molecule has 2 aromatic heterocycles. The molecule has 0 fully saturated rings. The molecule has 0 aliphatic carbocycles. The molecule has 2 heterocycles. The van der Waals surface area contributed by atoms with E-state index in [9.17, 15) is 0 Å². The van der Waals surface area contributed by atoms with Gasteiger partial charge in [-0.2, -0.15) is 0 Å². The Morgan fingerprint density at radius 2 is 0.923 bits per heavy atom. The van der Waals surface area contributed by atoms with Crippen molar-refractivity contribution in [2.45, 2.75) is 51.5 Å². The summed E-state index contributed by atoms with van der Waals surface area (Å²) in [6, 6.07) is 62.9. The highest BCUT2D eigenvalue weighted by Gasteiger charge is 2.35. The first-order valence-electron chi connectivity index (χ1n) is 19.0. The molecule has 0 saturated heterocycles. The monoisotopic (exact) mass is 672 g/mol. The lowest BCUT2D eigenvalue weighted by molar-refractivity contribution is 0.321. The first kappa shape index (κ1) is 32.1. The quantitative estimate of drug-likeness (QED) is 0.128. The fourth-order valence-corrected chi connectivity index (χ4v) is 8.82. The lowest BCUT2D eigenvalue weighted by atomic mass is 9.81. The largest absolute Gasteiger partial charge is 0.330 e. The number of hydrogen-bond donors (Lipinski definition) is 0. The Balaban J connectivity index is 1.21. The average Bonchev–Trinajstić information content (AvgIpc) is 3.73. The van der Waals surface area contributed by atoms with Crippen LogP contribution in [0, 0.1) is 0 Å². The molecular formula is C50H44N2. The normalized spacial score (nSPS) is 13.0. The van der Waals surface area contributed by atoms with Crippen LogP contribution < -0.4 is 0 Å². The van der Waals surface area contributed by atoms with Crippen molar-refractivity contribution >= 4 is 43.6 Å². The number of aromatic nitrogens is 2. The van der Waals surface area contributed by atoms with E-state index in [1.165, 1.54) is 96.4 Å². The molecule has 9 aromatic rings. The van der Waals surface area contributed by atoms with E-state index in [2.05, 4.69) is 193 Å². The summed E-state index contributed by atoms with van der Waals surface area (Å²) in [5, 5.41) is 5.18. The molecule has 0 radical (unpaired) electrons. The summed E-state index contributed by atoms with van der Waals surface area (Å²) in [7, 11) is 0. The van der Waals surface area contributed by atoms with Crippen molar-refractivity contribution in [3.8, 4) is 27.9 Å². The van der Waals surface area contributed by atoms with Gasteiger partial charge in [0.25, 0.3) is 0 Å². The molecule has 0 N–H and O–H groups in total. The summed E-state index contributed by atoms with van der Waals surface area (Å²) in [5.41, 5.74) is 12.5. The molecule has 7 aromatic carbocycles. The van der Waals surface area contributed by atoms with Gasteiger partial charge < -0.3 is 9.13 Å². The third kappa shape index (κ3) is 5.25. The van der Waals surface area contributed by atoms with E-state index in [1.54, 1.807) is 0 Å². The van der Waals surface area contributed by atoms with Crippen LogP contribution in [-0.2, 0) is 5.54 Å². The summed E-state index contributed by atoms with van der Waals surface area (Å²) in [5.74, 6) is 0. The smallest absolute Gasteiger partial charge is 0.0700 e. The van der Waals surface area contributed by atoms with E-state index >= 15 is 0 Å². The Morgan fingerprint density at radius 3 is 1.60 bits per heavy atom. The third-order valence-corrected chi connectivity index (χ3v) is 11.4. The lowest BCUT2D eigenvalue weighted by Crippen LogP contribution is -2.34. The van der Waals surface area contributed by atoms with Crippen LogP contribution in [0.15, 0.2) is 170 Å². The summed E-state index contributed by atoms with van der Waals surface area (Å²) in [6.07, 6.45) is 5.73. The van der Waals surface area contributed by atoms with Crippen LogP contribution in [0.1, 0.15) is 51.5 Å². The maximum Gasteiger partial charge on any atom is 0.0700 e. The molecule has 9 rings (SSSR count). The van der Waals surface area contributed by atoms with Crippen molar-refractivity contribution in [1.82, 2.24) is 9.13 Å². The maximum absolute atomic E-state index is 2.70. The van der Waals surface area contributed by atoms with E-state index in [0.717, 1.165) is 12.8 Å². The van der Waals surface area contributed by atoms with E-state index in [4.69, 9.17) is 0 Å². The average molecular weight is 673 g/mol. The van der Waals surface area contributed by atoms with Crippen molar-refractivity contribution < 1.29 is 0 Å². The highest BCUT2D eigenvalue weighted by molar-refractivity contribution is 6.12. The molecule has 0 spiro atoms. The Labute approximate surface area is 306 Å². The SMILES string of the molecule is CCCCCC(CC)(c1ccc(-c2ccccc2)cc1)n1c2ccccc2c2cc(-c3ccc4c(c3)c3ccccc3n4-c3ccccc3)ccc21. The minimum absolute atomic E-state index is 0.175. The van der Waals surface area contributed by atoms with E-state index in [-0.39, 0.29) is 5.54 Å². The van der Waals surface area contributed by atoms with Gasteiger partial charge in [-0.15, -0.1) is 0 Å². The third-order valence-electron chi connectivity index (χ3n) is 11.4. The highest BCUT2D eigenvalue weighted by Crippen LogP contribution is 2.44. The molecule has 0 aliphatic rings. The van der Waals surface area contributed by atoms with E-state index in [0.29, 0.717) is 0 Å². The molecule has 2 nitrogen and oxygen atoms in total. The maximum atomic E-state index is 2.70. The van der Waals surface area contributed by atoms with Gasteiger partial charge >= 0.3 is 0 Å². The van der Waals surface area contributed by atoms with Gasteiger partial charge in [-0.1, -0.05) is 154 Å².